The Morgan fingerprint density at radius 1 is 0.968 bits per heavy atom. The lowest BCUT2D eigenvalue weighted by Gasteiger charge is -2.13. The number of fused-ring (bicyclic) bond motifs is 6. The molecule has 1 saturated heterocycles. The van der Waals surface area contributed by atoms with Gasteiger partial charge in [-0.25, -0.2) is 0 Å². The molecule has 2 amide bonds. The summed E-state index contributed by atoms with van der Waals surface area (Å²) >= 11 is 6.36. The first-order valence-electron chi connectivity index (χ1n) is 10.5. The van der Waals surface area contributed by atoms with Crippen LogP contribution in [0.3, 0.4) is 0 Å². The predicted molar refractivity (Wildman–Crippen MR) is 120 cm³/mol. The largest absolute Gasteiger partial charge is 0.342 e. The third-order valence-electron chi connectivity index (χ3n) is 6.88. The van der Waals surface area contributed by atoms with E-state index in [-0.39, 0.29) is 35.5 Å². The molecule has 2 heterocycles. The maximum Gasteiger partial charge on any atom is 0.254 e. The molecule has 0 radical (unpaired) electrons. The molecule has 0 spiro atoms. The van der Waals surface area contributed by atoms with Gasteiger partial charge in [0.1, 0.15) is 0 Å². The third kappa shape index (κ3) is 2.80. The zero-order valence-corrected chi connectivity index (χ0v) is 17.4. The molecule has 1 aromatic heterocycles. The van der Waals surface area contributed by atoms with E-state index >= 15 is 0 Å². The van der Waals surface area contributed by atoms with Crippen LogP contribution in [0, 0.1) is 23.7 Å². The minimum Gasteiger partial charge on any atom is -0.342 e. The molecule has 2 bridgehead atoms. The number of allylic oxidation sites excluding steroid dienone is 2. The first-order valence-corrected chi connectivity index (χ1v) is 10.9. The highest BCUT2D eigenvalue weighted by Gasteiger charge is 2.59. The molecule has 6 heteroatoms. The minimum absolute atomic E-state index is 0.164. The maximum atomic E-state index is 12.9. The average molecular weight is 430 g/mol. The molecule has 6 rings (SSSR count). The second-order valence-electron chi connectivity index (χ2n) is 8.55. The fraction of sp³-hybridized carbons (Fsp3) is 0.240. The van der Waals surface area contributed by atoms with Crippen molar-refractivity contribution in [2.24, 2.45) is 28.8 Å². The van der Waals surface area contributed by atoms with Crippen LogP contribution in [0.1, 0.15) is 17.5 Å². The first kappa shape index (κ1) is 18.6. The lowest BCUT2D eigenvalue weighted by atomic mass is 9.85. The number of carbonyl (C=O) groups is 2. The molecule has 2 aliphatic carbocycles. The van der Waals surface area contributed by atoms with Gasteiger partial charge in [0.2, 0.25) is 0 Å². The number of nitrogens with zero attached hydrogens (tertiary/aromatic N) is 3. The summed E-state index contributed by atoms with van der Waals surface area (Å²) in [5.74, 6) is -0.429. The first-order chi connectivity index (χ1) is 15.1. The summed E-state index contributed by atoms with van der Waals surface area (Å²) in [4.78, 5) is 25.8. The van der Waals surface area contributed by atoms with E-state index in [0.29, 0.717) is 6.54 Å². The van der Waals surface area contributed by atoms with E-state index in [0.717, 1.165) is 38.5 Å². The molecular formula is C25H20ClN3O2. The van der Waals surface area contributed by atoms with Gasteiger partial charge in [0, 0.05) is 34.2 Å². The van der Waals surface area contributed by atoms with Gasteiger partial charge in [0.25, 0.3) is 11.8 Å². The van der Waals surface area contributed by atoms with Gasteiger partial charge in [-0.2, -0.15) is 10.1 Å². The van der Waals surface area contributed by atoms with E-state index in [1.54, 1.807) is 6.21 Å². The number of hydrogen-bond acceptors (Lipinski definition) is 3. The molecule has 1 aliphatic heterocycles. The number of carbonyl (C=O) groups excluding carboxylic acids is 2. The molecular weight excluding hydrogens is 410 g/mol. The van der Waals surface area contributed by atoms with Crippen LogP contribution in [-0.4, -0.2) is 27.6 Å². The monoisotopic (exact) mass is 429 g/mol. The van der Waals surface area contributed by atoms with Crippen molar-refractivity contribution in [2.75, 3.05) is 0 Å². The van der Waals surface area contributed by atoms with Crippen molar-refractivity contribution in [3.63, 3.8) is 0 Å². The molecule has 5 nitrogen and oxygen atoms in total. The fourth-order valence-corrected chi connectivity index (χ4v) is 5.63. The standard InChI is InChI=1S/C25H20ClN3O2/c26-20-7-3-1-5-17(20)13-28-14-18(19-6-2-4-8-21(19)28)12-27-29-24(30)22-15-9-10-16(11-15)23(22)25(29)31/h1-10,12,14-16,22-23H,11,13H2/b27-12-/t15-,16+,22-,23-/m0/s1. The Hall–Kier alpha value is -3.18. The summed E-state index contributed by atoms with van der Waals surface area (Å²) in [6.45, 7) is 0.620. The van der Waals surface area contributed by atoms with Gasteiger partial charge in [-0.3, -0.25) is 9.59 Å². The van der Waals surface area contributed by atoms with Gasteiger partial charge in [-0.05, 0) is 36.0 Å². The zero-order valence-electron chi connectivity index (χ0n) is 16.7. The second kappa shape index (κ2) is 6.92. The van der Waals surface area contributed by atoms with Crippen molar-refractivity contribution in [2.45, 2.75) is 13.0 Å². The Bertz CT molecular complexity index is 1260. The van der Waals surface area contributed by atoms with E-state index in [4.69, 9.17) is 11.6 Å². The number of benzene rings is 2. The quantitative estimate of drug-likeness (QED) is 0.348. The Morgan fingerprint density at radius 3 is 2.39 bits per heavy atom. The van der Waals surface area contributed by atoms with E-state index in [9.17, 15) is 9.59 Å². The molecule has 3 aromatic rings. The van der Waals surface area contributed by atoms with Crippen LogP contribution < -0.4 is 0 Å². The molecule has 2 fully saturated rings. The highest BCUT2D eigenvalue weighted by atomic mass is 35.5. The molecule has 0 unspecified atom stereocenters. The Morgan fingerprint density at radius 2 is 1.65 bits per heavy atom. The Kier molecular flexibility index (Phi) is 4.15. The number of rotatable bonds is 4. The number of hydrazone groups is 1. The lowest BCUT2D eigenvalue weighted by Crippen LogP contribution is -2.28. The highest BCUT2D eigenvalue weighted by molar-refractivity contribution is 6.31. The molecule has 0 N–H and O–H groups in total. The van der Waals surface area contributed by atoms with Crippen LogP contribution >= 0.6 is 11.6 Å². The average Bonchev–Trinajstić information content (AvgIpc) is 3.53. The Labute approximate surface area is 184 Å². The summed E-state index contributed by atoms with van der Waals surface area (Å²) < 4.78 is 2.12. The molecule has 154 valence electrons. The van der Waals surface area contributed by atoms with Gasteiger partial charge in [0.15, 0.2) is 0 Å². The second-order valence-corrected chi connectivity index (χ2v) is 8.96. The van der Waals surface area contributed by atoms with Crippen molar-refractivity contribution < 1.29 is 9.59 Å². The van der Waals surface area contributed by atoms with Gasteiger partial charge in [0.05, 0.1) is 18.1 Å². The molecule has 2 aromatic carbocycles. The molecule has 1 saturated carbocycles. The molecule has 4 atom stereocenters. The summed E-state index contributed by atoms with van der Waals surface area (Å²) in [6, 6.07) is 15.8. The minimum atomic E-state index is -0.235. The van der Waals surface area contributed by atoms with E-state index < -0.39 is 0 Å². The number of hydrogen-bond donors (Lipinski definition) is 0. The zero-order chi connectivity index (χ0) is 21.1. The fourth-order valence-electron chi connectivity index (χ4n) is 5.44. The number of para-hydroxylation sites is 1. The summed E-state index contributed by atoms with van der Waals surface area (Å²) in [7, 11) is 0. The van der Waals surface area contributed by atoms with Crippen LogP contribution in [0.5, 0.6) is 0 Å². The Balaban J connectivity index is 1.33. The summed E-state index contributed by atoms with van der Waals surface area (Å²) in [6.07, 6.45) is 8.73. The van der Waals surface area contributed by atoms with Crippen LogP contribution in [0.2, 0.25) is 5.02 Å². The normalized spacial score (nSPS) is 26.7. The van der Waals surface area contributed by atoms with Crippen LogP contribution in [0.4, 0.5) is 0 Å². The van der Waals surface area contributed by atoms with Gasteiger partial charge in [-0.15, -0.1) is 0 Å². The number of amides is 2. The van der Waals surface area contributed by atoms with Crippen molar-refractivity contribution in [1.82, 2.24) is 9.58 Å². The molecule has 3 aliphatic rings. The summed E-state index contributed by atoms with van der Waals surface area (Å²) in [5, 5.41) is 7.20. The third-order valence-corrected chi connectivity index (χ3v) is 7.25. The van der Waals surface area contributed by atoms with Crippen LogP contribution in [0.25, 0.3) is 10.9 Å². The van der Waals surface area contributed by atoms with Gasteiger partial charge < -0.3 is 4.57 Å². The number of aromatic nitrogens is 1. The smallest absolute Gasteiger partial charge is 0.254 e. The SMILES string of the molecule is O=C1[C@@H]2[C@@H](C(=O)N1/N=C\c1cn(Cc3ccccc3Cl)c3ccccc13)[C@H]1C=C[C@@H]2C1. The predicted octanol–water partition coefficient (Wildman–Crippen LogP) is 4.48. The van der Waals surface area contributed by atoms with E-state index in [2.05, 4.69) is 21.8 Å². The van der Waals surface area contributed by atoms with Crippen molar-refractivity contribution >= 4 is 40.5 Å². The van der Waals surface area contributed by atoms with Gasteiger partial charge >= 0.3 is 0 Å². The van der Waals surface area contributed by atoms with Crippen LogP contribution in [-0.2, 0) is 16.1 Å². The van der Waals surface area contributed by atoms with Crippen molar-refractivity contribution in [3.05, 3.63) is 83.0 Å². The van der Waals surface area contributed by atoms with Gasteiger partial charge in [-0.1, -0.05) is 60.2 Å². The highest BCUT2D eigenvalue weighted by Crippen LogP contribution is 2.52. The van der Waals surface area contributed by atoms with Crippen LogP contribution in [0.15, 0.2) is 72.0 Å². The number of halogens is 1. The van der Waals surface area contributed by atoms with E-state index in [1.165, 1.54) is 0 Å². The molecule has 31 heavy (non-hydrogen) atoms. The van der Waals surface area contributed by atoms with E-state index in [1.807, 2.05) is 54.7 Å². The topological polar surface area (TPSA) is 54.7 Å². The number of imide groups is 1. The maximum absolute atomic E-state index is 12.9. The van der Waals surface area contributed by atoms with Crippen molar-refractivity contribution in [1.29, 1.82) is 0 Å². The lowest BCUT2D eigenvalue weighted by molar-refractivity contribution is -0.140. The summed E-state index contributed by atoms with van der Waals surface area (Å²) in [5.41, 5.74) is 2.93. The van der Waals surface area contributed by atoms with Crippen molar-refractivity contribution in [3.8, 4) is 0 Å².